The van der Waals surface area contributed by atoms with Crippen LogP contribution in [0.4, 0.5) is 0 Å². The fourth-order valence-electron chi connectivity index (χ4n) is 2.89. The molecule has 2 amide bonds. The number of nitrogens with zero attached hydrogens (tertiary/aromatic N) is 1. The standard InChI is InChI=1S/C23H28Cl2N2O3/c1-3-4-7-14-26-23(29)17(2)27(15-18-10-12-19(24)13-11-18)22(28)16-30-21-9-6-5-8-20(21)25/h5-6,8-13,17H,3-4,7,14-16H2,1-2H3,(H,26,29). The van der Waals surface area contributed by atoms with Gasteiger partial charge in [-0.15, -0.1) is 0 Å². The predicted molar refractivity (Wildman–Crippen MR) is 121 cm³/mol. The second-order valence-corrected chi connectivity index (χ2v) is 7.88. The van der Waals surface area contributed by atoms with E-state index in [0.29, 0.717) is 22.3 Å². The largest absolute Gasteiger partial charge is 0.482 e. The zero-order valence-corrected chi connectivity index (χ0v) is 18.9. The van der Waals surface area contributed by atoms with E-state index in [1.54, 1.807) is 43.3 Å². The summed E-state index contributed by atoms with van der Waals surface area (Å²) >= 11 is 12.1. The molecule has 0 fully saturated rings. The molecule has 2 aromatic rings. The number of carbonyl (C=O) groups is 2. The van der Waals surface area contributed by atoms with Crippen LogP contribution in [-0.4, -0.2) is 35.9 Å². The summed E-state index contributed by atoms with van der Waals surface area (Å²) in [5.41, 5.74) is 0.871. The third kappa shape index (κ3) is 7.54. The molecule has 0 aliphatic rings. The second-order valence-electron chi connectivity index (χ2n) is 7.04. The van der Waals surface area contributed by atoms with Crippen molar-refractivity contribution >= 4 is 35.0 Å². The van der Waals surface area contributed by atoms with E-state index < -0.39 is 6.04 Å². The minimum atomic E-state index is -0.648. The Morgan fingerprint density at radius 1 is 1.07 bits per heavy atom. The molecule has 0 aliphatic heterocycles. The summed E-state index contributed by atoms with van der Waals surface area (Å²) in [5, 5.41) is 3.95. The van der Waals surface area contributed by atoms with Crippen molar-refractivity contribution in [3.8, 4) is 5.75 Å². The molecule has 30 heavy (non-hydrogen) atoms. The molecule has 5 nitrogen and oxygen atoms in total. The van der Waals surface area contributed by atoms with E-state index in [9.17, 15) is 9.59 Å². The highest BCUT2D eigenvalue weighted by atomic mass is 35.5. The minimum Gasteiger partial charge on any atom is -0.482 e. The lowest BCUT2D eigenvalue weighted by molar-refractivity contribution is -0.142. The molecule has 0 spiro atoms. The SMILES string of the molecule is CCCCCNC(=O)C(C)N(Cc1ccc(Cl)cc1)C(=O)COc1ccccc1Cl. The molecule has 0 bridgehead atoms. The summed E-state index contributed by atoms with van der Waals surface area (Å²) < 4.78 is 5.60. The molecule has 0 saturated heterocycles. The first-order valence-corrected chi connectivity index (χ1v) is 10.9. The van der Waals surface area contributed by atoms with Gasteiger partial charge in [0.1, 0.15) is 11.8 Å². The number of hydrogen-bond donors (Lipinski definition) is 1. The average molecular weight is 451 g/mol. The summed E-state index contributed by atoms with van der Waals surface area (Å²) in [5.74, 6) is -0.0668. The third-order valence-electron chi connectivity index (χ3n) is 4.70. The first-order chi connectivity index (χ1) is 14.4. The van der Waals surface area contributed by atoms with E-state index in [1.165, 1.54) is 4.90 Å². The van der Waals surface area contributed by atoms with Gasteiger partial charge < -0.3 is 15.0 Å². The van der Waals surface area contributed by atoms with Crippen LogP contribution in [0.2, 0.25) is 10.0 Å². The van der Waals surface area contributed by atoms with Crippen molar-refractivity contribution in [2.75, 3.05) is 13.2 Å². The van der Waals surface area contributed by atoms with Crippen molar-refractivity contribution in [2.24, 2.45) is 0 Å². The number of benzene rings is 2. The fourth-order valence-corrected chi connectivity index (χ4v) is 3.20. The molecule has 2 aromatic carbocycles. The average Bonchev–Trinajstić information content (AvgIpc) is 2.75. The quantitative estimate of drug-likeness (QED) is 0.484. The highest BCUT2D eigenvalue weighted by Gasteiger charge is 2.26. The molecule has 0 saturated carbocycles. The van der Waals surface area contributed by atoms with Gasteiger partial charge in [-0.25, -0.2) is 0 Å². The van der Waals surface area contributed by atoms with Crippen molar-refractivity contribution in [1.29, 1.82) is 0 Å². The number of hydrogen-bond acceptors (Lipinski definition) is 3. The maximum Gasteiger partial charge on any atom is 0.261 e. The predicted octanol–water partition coefficient (Wildman–Crippen LogP) is 5.10. The Hall–Kier alpha value is -2.24. The van der Waals surface area contributed by atoms with E-state index in [0.717, 1.165) is 24.8 Å². The number of para-hydroxylation sites is 1. The molecule has 7 heteroatoms. The van der Waals surface area contributed by atoms with Crippen molar-refractivity contribution in [3.05, 3.63) is 64.1 Å². The Kier molecular flexibility index (Phi) is 9.98. The number of unbranched alkanes of at least 4 members (excludes halogenated alkanes) is 2. The third-order valence-corrected chi connectivity index (χ3v) is 5.27. The molecule has 0 radical (unpaired) electrons. The van der Waals surface area contributed by atoms with E-state index in [4.69, 9.17) is 27.9 Å². The van der Waals surface area contributed by atoms with Gasteiger partial charge in [-0.1, -0.05) is 67.2 Å². The Bertz CT molecular complexity index is 827. The molecule has 0 heterocycles. The Balaban J connectivity index is 2.08. The Morgan fingerprint density at radius 3 is 2.43 bits per heavy atom. The second kappa shape index (κ2) is 12.5. The van der Waals surface area contributed by atoms with Gasteiger partial charge in [0, 0.05) is 18.1 Å². The van der Waals surface area contributed by atoms with Crippen molar-refractivity contribution < 1.29 is 14.3 Å². The monoisotopic (exact) mass is 450 g/mol. The van der Waals surface area contributed by atoms with Gasteiger partial charge >= 0.3 is 0 Å². The van der Waals surface area contributed by atoms with E-state index in [2.05, 4.69) is 12.2 Å². The Morgan fingerprint density at radius 2 is 1.77 bits per heavy atom. The zero-order valence-electron chi connectivity index (χ0n) is 17.4. The van der Waals surface area contributed by atoms with Gasteiger partial charge in [0.25, 0.3) is 5.91 Å². The van der Waals surface area contributed by atoms with Crippen LogP contribution < -0.4 is 10.1 Å². The number of halogens is 2. The van der Waals surface area contributed by atoms with Crippen LogP contribution >= 0.6 is 23.2 Å². The van der Waals surface area contributed by atoms with Crippen molar-refractivity contribution in [3.63, 3.8) is 0 Å². The summed E-state index contributed by atoms with van der Waals surface area (Å²) in [6, 6.07) is 13.5. The Labute approximate surface area is 188 Å². The lowest BCUT2D eigenvalue weighted by atomic mass is 10.1. The van der Waals surface area contributed by atoms with E-state index in [-0.39, 0.29) is 25.0 Å². The molecule has 1 unspecified atom stereocenters. The number of rotatable bonds is 11. The molecule has 1 N–H and O–H groups in total. The zero-order chi connectivity index (χ0) is 21.9. The topological polar surface area (TPSA) is 58.6 Å². The summed E-state index contributed by atoms with van der Waals surface area (Å²) in [4.78, 5) is 27.1. The van der Waals surface area contributed by atoms with Gasteiger partial charge in [-0.05, 0) is 43.2 Å². The van der Waals surface area contributed by atoms with Crippen LogP contribution in [0.25, 0.3) is 0 Å². The molecule has 162 valence electrons. The molecule has 0 aromatic heterocycles. The van der Waals surface area contributed by atoms with Gasteiger partial charge in [0.2, 0.25) is 5.91 Å². The maximum atomic E-state index is 13.0. The smallest absolute Gasteiger partial charge is 0.261 e. The van der Waals surface area contributed by atoms with E-state index >= 15 is 0 Å². The molecule has 2 rings (SSSR count). The highest BCUT2D eigenvalue weighted by molar-refractivity contribution is 6.32. The molecular weight excluding hydrogens is 423 g/mol. The maximum absolute atomic E-state index is 13.0. The summed E-state index contributed by atoms with van der Waals surface area (Å²) in [6.45, 7) is 4.47. The van der Waals surface area contributed by atoms with Crippen molar-refractivity contribution in [1.82, 2.24) is 10.2 Å². The van der Waals surface area contributed by atoms with Crippen LogP contribution in [0, 0.1) is 0 Å². The van der Waals surface area contributed by atoms with E-state index in [1.807, 2.05) is 12.1 Å². The van der Waals surface area contributed by atoms with Gasteiger partial charge in [-0.3, -0.25) is 9.59 Å². The first-order valence-electron chi connectivity index (χ1n) is 10.1. The van der Waals surface area contributed by atoms with Crippen LogP contribution in [0.15, 0.2) is 48.5 Å². The minimum absolute atomic E-state index is 0.189. The molecule has 0 aliphatic carbocycles. The lowest BCUT2D eigenvalue weighted by Crippen LogP contribution is -2.49. The first kappa shape index (κ1) is 24.0. The number of carbonyl (C=O) groups excluding carboxylic acids is 2. The number of ether oxygens (including phenoxy) is 1. The van der Waals surface area contributed by atoms with Crippen LogP contribution in [0.5, 0.6) is 5.75 Å². The van der Waals surface area contributed by atoms with Crippen LogP contribution in [0.3, 0.4) is 0 Å². The van der Waals surface area contributed by atoms with Crippen LogP contribution in [0.1, 0.15) is 38.7 Å². The van der Waals surface area contributed by atoms with Gasteiger partial charge in [0.15, 0.2) is 6.61 Å². The lowest BCUT2D eigenvalue weighted by Gasteiger charge is -2.29. The van der Waals surface area contributed by atoms with Crippen LogP contribution in [-0.2, 0) is 16.1 Å². The molecule has 1 atom stereocenters. The summed E-state index contributed by atoms with van der Waals surface area (Å²) in [6.07, 6.45) is 3.04. The summed E-state index contributed by atoms with van der Waals surface area (Å²) in [7, 11) is 0. The number of amides is 2. The molecular formula is C23H28Cl2N2O3. The number of nitrogens with one attached hydrogen (secondary N) is 1. The normalized spacial score (nSPS) is 11.6. The highest BCUT2D eigenvalue weighted by Crippen LogP contribution is 2.23. The van der Waals surface area contributed by atoms with Gasteiger partial charge in [0.05, 0.1) is 5.02 Å². The van der Waals surface area contributed by atoms with Gasteiger partial charge in [-0.2, -0.15) is 0 Å². The fraction of sp³-hybridized carbons (Fsp3) is 0.391. The van der Waals surface area contributed by atoms with Crippen molar-refractivity contribution in [2.45, 2.75) is 45.7 Å².